The normalized spacial score (nSPS) is 14.0. The number of benzene rings is 2. The van der Waals surface area contributed by atoms with Crippen molar-refractivity contribution in [2.45, 2.75) is 26.2 Å². The average molecular weight is 380 g/mol. The van der Waals surface area contributed by atoms with Crippen molar-refractivity contribution in [2.75, 3.05) is 37.6 Å². The zero-order valence-electron chi connectivity index (χ0n) is 16.6. The predicted molar refractivity (Wildman–Crippen MR) is 112 cm³/mol. The summed E-state index contributed by atoms with van der Waals surface area (Å²) in [6.07, 6.45) is 2.12. The number of rotatable bonds is 7. The van der Waals surface area contributed by atoms with Gasteiger partial charge in [-0.15, -0.1) is 0 Å². The van der Waals surface area contributed by atoms with Crippen LogP contribution < -0.4 is 10.2 Å². The van der Waals surface area contributed by atoms with Gasteiger partial charge >= 0.3 is 0 Å². The second-order valence-corrected chi connectivity index (χ2v) is 7.32. The van der Waals surface area contributed by atoms with Gasteiger partial charge in [0.15, 0.2) is 0 Å². The maximum absolute atomic E-state index is 12.4. The van der Waals surface area contributed by atoms with Gasteiger partial charge in [0.25, 0.3) is 0 Å². The standard InChI is InChI=1S/C23H29N3O2/c1-19-10-12-20(13-11-19)6-5-9-22(27)24-18-23(28)26-16-14-25(15-17-26)21-7-3-2-4-8-21/h2-4,7-8,10-13H,5-6,9,14-18H2,1H3,(H,24,27). The van der Waals surface area contributed by atoms with Crippen molar-refractivity contribution in [1.29, 1.82) is 0 Å². The Morgan fingerprint density at radius 2 is 1.61 bits per heavy atom. The molecule has 3 rings (SSSR count). The van der Waals surface area contributed by atoms with Crippen LogP contribution in [0.5, 0.6) is 0 Å². The van der Waals surface area contributed by atoms with E-state index in [4.69, 9.17) is 0 Å². The quantitative estimate of drug-likeness (QED) is 0.805. The maximum Gasteiger partial charge on any atom is 0.242 e. The molecule has 1 saturated heterocycles. The van der Waals surface area contributed by atoms with Crippen molar-refractivity contribution in [3.63, 3.8) is 0 Å². The smallest absolute Gasteiger partial charge is 0.242 e. The Bertz CT molecular complexity index is 766. The van der Waals surface area contributed by atoms with Crippen molar-refractivity contribution in [3.05, 3.63) is 65.7 Å². The summed E-state index contributed by atoms with van der Waals surface area (Å²) in [5, 5.41) is 2.77. The largest absolute Gasteiger partial charge is 0.368 e. The minimum Gasteiger partial charge on any atom is -0.368 e. The number of carbonyl (C=O) groups excluding carboxylic acids is 2. The summed E-state index contributed by atoms with van der Waals surface area (Å²) >= 11 is 0. The molecule has 28 heavy (non-hydrogen) atoms. The molecule has 0 atom stereocenters. The number of piperazine rings is 1. The van der Waals surface area contributed by atoms with E-state index in [9.17, 15) is 9.59 Å². The number of nitrogens with zero attached hydrogens (tertiary/aromatic N) is 2. The predicted octanol–water partition coefficient (Wildman–Crippen LogP) is 2.78. The first-order valence-corrected chi connectivity index (χ1v) is 10.0. The number of para-hydroxylation sites is 1. The molecule has 1 aliphatic rings. The number of anilines is 1. The topological polar surface area (TPSA) is 52.7 Å². The molecular weight excluding hydrogens is 350 g/mol. The molecule has 5 nitrogen and oxygen atoms in total. The number of hydrogen-bond acceptors (Lipinski definition) is 3. The molecule has 1 fully saturated rings. The summed E-state index contributed by atoms with van der Waals surface area (Å²) in [4.78, 5) is 28.5. The number of carbonyl (C=O) groups is 2. The fraction of sp³-hybridized carbons (Fsp3) is 0.391. The highest BCUT2D eigenvalue weighted by Gasteiger charge is 2.21. The molecule has 0 saturated carbocycles. The molecule has 5 heteroatoms. The minimum absolute atomic E-state index is 0.000374. The summed E-state index contributed by atoms with van der Waals surface area (Å²) in [6, 6.07) is 18.6. The van der Waals surface area contributed by atoms with E-state index in [1.807, 2.05) is 23.1 Å². The summed E-state index contributed by atoms with van der Waals surface area (Å²) in [7, 11) is 0. The van der Waals surface area contributed by atoms with Gasteiger partial charge in [-0.05, 0) is 37.5 Å². The summed E-state index contributed by atoms with van der Waals surface area (Å²) < 4.78 is 0. The third-order valence-electron chi connectivity index (χ3n) is 5.18. The second-order valence-electron chi connectivity index (χ2n) is 7.32. The van der Waals surface area contributed by atoms with Crippen LogP contribution in [0.2, 0.25) is 0 Å². The molecule has 148 valence electrons. The molecule has 2 aromatic rings. The number of aryl methyl sites for hydroxylation is 2. The maximum atomic E-state index is 12.4. The van der Waals surface area contributed by atoms with Gasteiger partial charge in [0.2, 0.25) is 11.8 Å². The Morgan fingerprint density at radius 1 is 0.929 bits per heavy atom. The van der Waals surface area contributed by atoms with Gasteiger partial charge in [0.1, 0.15) is 0 Å². The first-order chi connectivity index (χ1) is 13.6. The Labute approximate surface area is 167 Å². The molecule has 0 aliphatic carbocycles. The minimum atomic E-state index is -0.0524. The monoisotopic (exact) mass is 379 g/mol. The van der Waals surface area contributed by atoms with E-state index in [1.165, 1.54) is 16.8 Å². The number of amides is 2. The van der Waals surface area contributed by atoms with E-state index in [-0.39, 0.29) is 18.4 Å². The molecule has 0 unspecified atom stereocenters. The van der Waals surface area contributed by atoms with Crippen molar-refractivity contribution >= 4 is 17.5 Å². The molecule has 1 aliphatic heterocycles. The van der Waals surface area contributed by atoms with Crippen molar-refractivity contribution in [2.24, 2.45) is 0 Å². The van der Waals surface area contributed by atoms with Gasteiger partial charge in [0, 0.05) is 38.3 Å². The fourth-order valence-electron chi connectivity index (χ4n) is 3.44. The van der Waals surface area contributed by atoms with Crippen molar-refractivity contribution in [3.8, 4) is 0 Å². The first kappa shape index (κ1) is 19.9. The SMILES string of the molecule is Cc1ccc(CCCC(=O)NCC(=O)N2CCN(c3ccccc3)CC2)cc1. The molecule has 2 aromatic carbocycles. The molecule has 0 bridgehead atoms. The first-order valence-electron chi connectivity index (χ1n) is 10.0. The highest BCUT2D eigenvalue weighted by atomic mass is 16.2. The van der Waals surface area contributed by atoms with Crippen LogP contribution in [0.3, 0.4) is 0 Å². The van der Waals surface area contributed by atoms with Crippen LogP contribution in [0.25, 0.3) is 0 Å². The second kappa shape index (κ2) is 9.93. The van der Waals surface area contributed by atoms with Crippen LogP contribution in [0, 0.1) is 6.92 Å². The number of hydrogen-bond donors (Lipinski definition) is 1. The fourth-order valence-corrected chi connectivity index (χ4v) is 3.44. The molecule has 2 amide bonds. The van der Waals surface area contributed by atoms with E-state index in [0.717, 1.165) is 25.9 Å². The third-order valence-corrected chi connectivity index (χ3v) is 5.18. The van der Waals surface area contributed by atoms with Crippen LogP contribution in [-0.4, -0.2) is 49.4 Å². The highest BCUT2D eigenvalue weighted by Crippen LogP contribution is 2.15. The van der Waals surface area contributed by atoms with E-state index < -0.39 is 0 Å². The average Bonchev–Trinajstić information content (AvgIpc) is 2.74. The number of nitrogens with one attached hydrogen (secondary N) is 1. The zero-order chi connectivity index (χ0) is 19.8. The van der Waals surface area contributed by atoms with Crippen LogP contribution in [0.1, 0.15) is 24.0 Å². The van der Waals surface area contributed by atoms with Crippen molar-refractivity contribution in [1.82, 2.24) is 10.2 Å². The molecule has 0 aromatic heterocycles. The molecular formula is C23H29N3O2. The Kier molecular flexibility index (Phi) is 7.06. The molecule has 1 heterocycles. The Hall–Kier alpha value is -2.82. The van der Waals surface area contributed by atoms with E-state index in [0.29, 0.717) is 19.5 Å². The Morgan fingerprint density at radius 3 is 2.29 bits per heavy atom. The lowest BCUT2D eigenvalue weighted by Gasteiger charge is -2.36. The van der Waals surface area contributed by atoms with Crippen molar-refractivity contribution < 1.29 is 9.59 Å². The lowest BCUT2D eigenvalue weighted by molar-refractivity contribution is -0.133. The van der Waals surface area contributed by atoms with E-state index >= 15 is 0 Å². The van der Waals surface area contributed by atoms with Gasteiger partial charge < -0.3 is 15.1 Å². The third kappa shape index (κ3) is 5.84. The van der Waals surface area contributed by atoms with Gasteiger partial charge in [-0.3, -0.25) is 9.59 Å². The van der Waals surface area contributed by atoms with Gasteiger partial charge in [0.05, 0.1) is 6.54 Å². The summed E-state index contributed by atoms with van der Waals surface area (Å²) in [5.41, 5.74) is 3.67. The highest BCUT2D eigenvalue weighted by molar-refractivity contribution is 5.84. The van der Waals surface area contributed by atoms with E-state index in [2.05, 4.69) is 53.5 Å². The van der Waals surface area contributed by atoms with Crippen LogP contribution in [0.15, 0.2) is 54.6 Å². The zero-order valence-corrected chi connectivity index (χ0v) is 16.6. The molecule has 1 N–H and O–H groups in total. The summed E-state index contributed by atoms with van der Waals surface area (Å²) in [6.45, 7) is 5.18. The lowest BCUT2D eigenvalue weighted by Crippen LogP contribution is -2.51. The summed E-state index contributed by atoms with van der Waals surface area (Å²) in [5.74, 6) is -0.0528. The molecule has 0 radical (unpaired) electrons. The Balaban J connectivity index is 1.33. The van der Waals surface area contributed by atoms with Gasteiger partial charge in [-0.25, -0.2) is 0 Å². The van der Waals surface area contributed by atoms with Crippen LogP contribution in [0.4, 0.5) is 5.69 Å². The van der Waals surface area contributed by atoms with Crippen LogP contribution >= 0.6 is 0 Å². The van der Waals surface area contributed by atoms with E-state index in [1.54, 1.807) is 0 Å². The molecule has 0 spiro atoms. The lowest BCUT2D eigenvalue weighted by atomic mass is 10.1. The van der Waals surface area contributed by atoms with Gasteiger partial charge in [-0.1, -0.05) is 48.0 Å². The van der Waals surface area contributed by atoms with Gasteiger partial charge in [-0.2, -0.15) is 0 Å². The van der Waals surface area contributed by atoms with Crippen LogP contribution in [-0.2, 0) is 16.0 Å².